The molecular weight excluding hydrogens is 222 g/mol. The van der Waals surface area contributed by atoms with E-state index in [0.29, 0.717) is 13.1 Å². The first-order valence-corrected chi connectivity index (χ1v) is 5.80. The molecule has 2 atom stereocenters. The van der Waals surface area contributed by atoms with Crippen LogP contribution in [0.3, 0.4) is 0 Å². The molecule has 17 heavy (non-hydrogen) atoms. The van der Waals surface area contributed by atoms with Gasteiger partial charge in [0.1, 0.15) is 5.60 Å². The second-order valence-corrected chi connectivity index (χ2v) is 5.49. The Morgan fingerprint density at radius 3 is 2.29 bits per heavy atom. The van der Waals surface area contributed by atoms with Crippen LogP contribution in [-0.4, -0.2) is 42.8 Å². The van der Waals surface area contributed by atoms with Gasteiger partial charge in [0.25, 0.3) is 0 Å². The number of amides is 1. The first-order valence-electron chi connectivity index (χ1n) is 5.80. The van der Waals surface area contributed by atoms with E-state index in [-0.39, 0.29) is 23.9 Å². The molecule has 1 amide bonds. The molecule has 1 rings (SSSR count). The van der Waals surface area contributed by atoms with Crippen molar-refractivity contribution >= 4 is 12.1 Å². The Bertz CT molecular complexity index is 308. The fraction of sp³-hybridized carbons (Fsp3) is 0.833. The minimum Gasteiger partial charge on any atom is -0.469 e. The highest BCUT2D eigenvalue weighted by atomic mass is 16.6. The number of carbonyl (C=O) groups is 2. The second-order valence-electron chi connectivity index (χ2n) is 5.49. The third-order valence-electron chi connectivity index (χ3n) is 2.77. The number of rotatable bonds is 1. The van der Waals surface area contributed by atoms with E-state index in [1.165, 1.54) is 7.11 Å². The summed E-state index contributed by atoms with van der Waals surface area (Å²) in [5.41, 5.74) is -0.510. The molecular formula is C12H21NO4. The van der Waals surface area contributed by atoms with Crippen molar-refractivity contribution in [3.8, 4) is 0 Å². The van der Waals surface area contributed by atoms with Gasteiger partial charge in [-0.05, 0) is 26.7 Å². The third kappa shape index (κ3) is 3.61. The first kappa shape index (κ1) is 13.8. The molecule has 5 nitrogen and oxygen atoms in total. The number of likely N-dealkylation sites (tertiary alicyclic amines) is 1. The van der Waals surface area contributed by atoms with E-state index in [1.807, 2.05) is 27.7 Å². The van der Waals surface area contributed by atoms with Gasteiger partial charge < -0.3 is 14.4 Å². The van der Waals surface area contributed by atoms with E-state index in [2.05, 4.69) is 0 Å². The molecule has 1 aliphatic rings. The minimum atomic E-state index is -0.510. The van der Waals surface area contributed by atoms with Gasteiger partial charge in [0.15, 0.2) is 0 Å². The van der Waals surface area contributed by atoms with Crippen LogP contribution in [0.1, 0.15) is 27.7 Å². The minimum absolute atomic E-state index is 0.106. The maximum absolute atomic E-state index is 11.8. The van der Waals surface area contributed by atoms with Crippen molar-refractivity contribution in [2.75, 3.05) is 20.2 Å². The van der Waals surface area contributed by atoms with Crippen molar-refractivity contribution in [3.05, 3.63) is 0 Å². The summed E-state index contributed by atoms with van der Waals surface area (Å²) in [5.74, 6) is -0.397. The molecule has 0 aliphatic carbocycles. The van der Waals surface area contributed by atoms with Crippen LogP contribution in [0.25, 0.3) is 0 Å². The van der Waals surface area contributed by atoms with Crippen molar-refractivity contribution < 1.29 is 19.1 Å². The maximum atomic E-state index is 11.8. The monoisotopic (exact) mass is 243 g/mol. The zero-order valence-corrected chi connectivity index (χ0v) is 11.1. The third-order valence-corrected chi connectivity index (χ3v) is 2.77. The number of esters is 1. The predicted molar refractivity (Wildman–Crippen MR) is 62.5 cm³/mol. The van der Waals surface area contributed by atoms with Crippen LogP contribution in [0.2, 0.25) is 0 Å². The van der Waals surface area contributed by atoms with Crippen molar-refractivity contribution in [2.45, 2.75) is 33.3 Å². The van der Waals surface area contributed by atoms with Gasteiger partial charge in [-0.25, -0.2) is 4.79 Å². The van der Waals surface area contributed by atoms with Crippen LogP contribution >= 0.6 is 0 Å². The predicted octanol–water partition coefficient (Wildman–Crippen LogP) is 1.66. The molecule has 0 aromatic rings. The van der Waals surface area contributed by atoms with E-state index in [9.17, 15) is 9.59 Å². The van der Waals surface area contributed by atoms with Crippen LogP contribution in [0, 0.1) is 11.8 Å². The molecule has 1 fully saturated rings. The zero-order valence-electron chi connectivity index (χ0n) is 11.1. The highest BCUT2D eigenvalue weighted by Gasteiger charge is 2.39. The average Bonchev–Trinajstić information content (AvgIpc) is 2.57. The Morgan fingerprint density at radius 1 is 1.24 bits per heavy atom. The normalized spacial score (nSPS) is 24.6. The largest absolute Gasteiger partial charge is 0.469 e. The van der Waals surface area contributed by atoms with Gasteiger partial charge in [0.05, 0.1) is 13.0 Å². The molecule has 0 bridgehead atoms. The Hall–Kier alpha value is -1.26. The summed E-state index contributed by atoms with van der Waals surface area (Å²) in [4.78, 5) is 24.9. The van der Waals surface area contributed by atoms with Crippen LogP contribution in [0.5, 0.6) is 0 Å². The van der Waals surface area contributed by atoms with E-state index in [0.717, 1.165) is 0 Å². The summed E-state index contributed by atoms with van der Waals surface area (Å²) in [6.45, 7) is 8.32. The van der Waals surface area contributed by atoms with Crippen molar-refractivity contribution in [3.63, 3.8) is 0 Å². The Balaban J connectivity index is 2.60. The summed E-state index contributed by atoms with van der Waals surface area (Å²) in [7, 11) is 1.37. The van der Waals surface area contributed by atoms with Gasteiger partial charge in [0, 0.05) is 13.1 Å². The molecule has 0 aromatic heterocycles. The lowest BCUT2D eigenvalue weighted by atomic mass is 9.99. The maximum Gasteiger partial charge on any atom is 0.410 e. The van der Waals surface area contributed by atoms with Gasteiger partial charge in [-0.3, -0.25) is 4.79 Å². The second kappa shape index (κ2) is 4.94. The van der Waals surface area contributed by atoms with Crippen molar-refractivity contribution in [1.82, 2.24) is 4.90 Å². The van der Waals surface area contributed by atoms with Crippen molar-refractivity contribution in [1.29, 1.82) is 0 Å². The number of nitrogens with zero attached hydrogens (tertiary/aromatic N) is 1. The number of ether oxygens (including phenoxy) is 2. The van der Waals surface area contributed by atoms with Crippen LogP contribution < -0.4 is 0 Å². The van der Waals surface area contributed by atoms with Crippen LogP contribution in [0.4, 0.5) is 4.79 Å². The van der Waals surface area contributed by atoms with Gasteiger partial charge in [-0.1, -0.05) is 6.92 Å². The molecule has 0 spiro atoms. The molecule has 1 aliphatic heterocycles. The van der Waals surface area contributed by atoms with E-state index < -0.39 is 5.60 Å². The molecule has 0 unspecified atom stereocenters. The smallest absolute Gasteiger partial charge is 0.410 e. The molecule has 0 N–H and O–H groups in total. The van der Waals surface area contributed by atoms with Crippen molar-refractivity contribution in [2.24, 2.45) is 11.8 Å². The molecule has 0 radical (unpaired) electrons. The number of hydrogen-bond donors (Lipinski definition) is 0. The Labute approximate surface area is 102 Å². The fourth-order valence-corrected chi connectivity index (χ4v) is 1.90. The summed E-state index contributed by atoms with van der Waals surface area (Å²) >= 11 is 0. The van der Waals surface area contributed by atoms with Gasteiger partial charge in [-0.2, -0.15) is 0 Å². The van der Waals surface area contributed by atoms with E-state index in [4.69, 9.17) is 9.47 Å². The topological polar surface area (TPSA) is 55.8 Å². The highest BCUT2D eigenvalue weighted by Crippen LogP contribution is 2.25. The lowest BCUT2D eigenvalue weighted by Crippen LogP contribution is -2.36. The molecule has 0 aromatic carbocycles. The molecule has 1 saturated heterocycles. The summed E-state index contributed by atoms with van der Waals surface area (Å²) in [6.07, 6.45) is -0.365. The molecule has 0 saturated carbocycles. The standard InChI is InChI=1S/C12H21NO4/c1-8-6-13(7-9(8)10(14)16-5)11(15)17-12(2,3)4/h8-9H,6-7H2,1-5H3/t8-,9+/m0/s1. The summed E-state index contributed by atoms with van der Waals surface area (Å²) in [6, 6.07) is 0. The lowest BCUT2D eigenvalue weighted by Gasteiger charge is -2.24. The first-order chi connectivity index (χ1) is 7.74. The van der Waals surface area contributed by atoms with Gasteiger partial charge in [0.2, 0.25) is 0 Å². The molecule has 5 heteroatoms. The molecule has 1 heterocycles. The van der Waals surface area contributed by atoms with E-state index >= 15 is 0 Å². The Kier molecular flexibility index (Phi) is 4.01. The summed E-state index contributed by atoms with van der Waals surface area (Å²) in [5, 5.41) is 0. The Morgan fingerprint density at radius 2 is 1.82 bits per heavy atom. The van der Waals surface area contributed by atoms with Crippen LogP contribution in [0.15, 0.2) is 0 Å². The summed E-state index contributed by atoms with van der Waals surface area (Å²) < 4.78 is 9.98. The van der Waals surface area contributed by atoms with Gasteiger partial charge >= 0.3 is 12.1 Å². The SMILES string of the molecule is COC(=O)[C@@H]1CN(C(=O)OC(C)(C)C)C[C@@H]1C. The lowest BCUT2D eigenvalue weighted by molar-refractivity contribution is -0.146. The quantitative estimate of drug-likeness (QED) is 0.657. The average molecular weight is 243 g/mol. The highest BCUT2D eigenvalue weighted by molar-refractivity contribution is 5.76. The number of hydrogen-bond acceptors (Lipinski definition) is 4. The number of methoxy groups -OCH3 is 1. The fourth-order valence-electron chi connectivity index (χ4n) is 1.90. The van der Waals surface area contributed by atoms with E-state index in [1.54, 1.807) is 4.90 Å². The molecule has 98 valence electrons. The zero-order chi connectivity index (χ0) is 13.2. The van der Waals surface area contributed by atoms with Crippen LogP contribution in [-0.2, 0) is 14.3 Å². The van der Waals surface area contributed by atoms with Gasteiger partial charge in [-0.15, -0.1) is 0 Å². The number of carbonyl (C=O) groups excluding carboxylic acids is 2.